The van der Waals surface area contributed by atoms with Gasteiger partial charge in [-0.15, -0.1) is 0 Å². The number of phosphoric ester groups is 1. The number of hydrogen-bond acceptors (Lipinski definition) is 7. The van der Waals surface area contributed by atoms with Crippen LogP contribution < -0.4 is 5.73 Å². The van der Waals surface area contributed by atoms with Crippen LogP contribution in [-0.4, -0.2) is 43.3 Å². The molecule has 52 heavy (non-hydrogen) atoms. The van der Waals surface area contributed by atoms with E-state index in [1.807, 2.05) is 6.08 Å². The van der Waals surface area contributed by atoms with Crippen molar-refractivity contribution in [1.29, 1.82) is 0 Å². The largest absolute Gasteiger partial charge is 0.498 e. The monoisotopic (exact) mass is 758 g/mol. The molecule has 0 radical (unpaired) electrons. The summed E-state index contributed by atoms with van der Waals surface area (Å²) in [5.41, 5.74) is 5.36. The Kier molecular flexibility index (Phi) is 40.1. The van der Waals surface area contributed by atoms with Crippen molar-refractivity contribution in [2.24, 2.45) is 5.73 Å². The molecular weight excluding hydrogens is 673 g/mol. The van der Waals surface area contributed by atoms with Crippen LogP contribution in [0.2, 0.25) is 0 Å². The summed E-state index contributed by atoms with van der Waals surface area (Å²) < 4.78 is 33.2. The molecule has 308 valence electrons. The molecule has 9 heteroatoms. The lowest BCUT2D eigenvalue weighted by molar-refractivity contribution is -0.153. The fraction of sp³-hybridized carbons (Fsp3) is 0.884. The van der Waals surface area contributed by atoms with Crippen LogP contribution in [0.15, 0.2) is 24.5 Å². The minimum atomic E-state index is -4.29. The van der Waals surface area contributed by atoms with Crippen LogP contribution in [0, 0.1) is 0 Å². The zero-order valence-electron chi connectivity index (χ0n) is 34.1. The van der Waals surface area contributed by atoms with E-state index in [1.54, 1.807) is 6.26 Å². The quantitative estimate of drug-likeness (QED) is 0.0208. The highest BCUT2D eigenvalue weighted by Crippen LogP contribution is 2.43. The van der Waals surface area contributed by atoms with Crippen LogP contribution in [-0.2, 0) is 27.9 Å². The van der Waals surface area contributed by atoms with Gasteiger partial charge in [0.2, 0.25) is 0 Å². The van der Waals surface area contributed by atoms with Gasteiger partial charge in [0.15, 0.2) is 6.10 Å². The minimum absolute atomic E-state index is 0.0331. The van der Waals surface area contributed by atoms with Gasteiger partial charge in [0.05, 0.1) is 19.5 Å². The first-order chi connectivity index (χ1) is 25.4. The highest BCUT2D eigenvalue weighted by atomic mass is 31.2. The third-order valence-corrected chi connectivity index (χ3v) is 10.4. The van der Waals surface area contributed by atoms with Gasteiger partial charge in [0.25, 0.3) is 0 Å². The molecule has 0 saturated carbocycles. The van der Waals surface area contributed by atoms with Crippen molar-refractivity contribution < 1.29 is 32.8 Å². The number of carbonyl (C=O) groups excluding carboxylic acids is 1. The minimum Gasteiger partial charge on any atom is -0.498 e. The zero-order chi connectivity index (χ0) is 38.1. The number of phosphoric acid groups is 1. The second-order valence-electron chi connectivity index (χ2n) is 14.6. The van der Waals surface area contributed by atoms with Crippen LogP contribution >= 0.6 is 7.82 Å². The van der Waals surface area contributed by atoms with Gasteiger partial charge in [-0.2, -0.15) is 0 Å². The first-order valence-electron chi connectivity index (χ1n) is 21.9. The van der Waals surface area contributed by atoms with E-state index in [9.17, 15) is 14.3 Å². The number of nitrogens with two attached hydrogens (primary N) is 1. The molecule has 0 amide bonds. The molecule has 0 aromatic carbocycles. The SMILES string of the molecule is CCCCCCC=CCCCCCCCCC=COCC(COP(=O)(O)OCCN)OC(=O)CCCCCCCCCCCCCCCCCCC. The lowest BCUT2D eigenvalue weighted by atomic mass is 10.0. The average Bonchev–Trinajstić information content (AvgIpc) is 3.13. The first-order valence-corrected chi connectivity index (χ1v) is 23.4. The fourth-order valence-electron chi connectivity index (χ4n) is 6.19. The third-order valence-electron chi connectivity index (χ3n) is 9.44. The lowest BCUT2D eigenvalue weighted by Crippen LogP contribution is -2.27. The number of unbranched alkanes of at least 4 members (excludes halogenated alkanes) is 27. The van der Waals surface area contributed by atoms with Crippen molar-refractivity contribution in [2.75, 3.05) is 26.4 Å². The molecule has 3 N–H and O–H groups in total. The van der Waals surface area contributed by atoms with Crippen LogP contribution in [0.25, 0.3) is 0 Å². The molecule has 0 aliphatic carbocycles. The predicted octanol–water partition coefficient (Wildman–Crippen LogP) is 13.2. The summed E-state index contributed by atoms with van der Waals surface area (Å²) in [6.45, 7) is 4.25. The summed E-state index contributed by atoms with van der Waals surface area (Å²) in [6, 6.07) is 0. The Balaban J connectivity index is 4.05. The highest BCUT2D eigenvalue weighted by molar-refractivity contribution is 7.47. The van der Waals surface area contributed by atoms with Crippen LogP contribution in [0.1, 0.15) is 213 Å². The molecular formula is C43H84NO7P. The van der Waals surface area contributed by atoms with Crippen molar-refractivity contribution in [3.05, 3.63) is 24.5 Å². The molecule has 0 spiro atoms. The smallest absolute Gasteiger partial charge is 0.472 e. The summed E-state index contributed by atoms with van der Waals surface area (Å²) in [6.07, 6.45) is 45.7. The lowest BCUT2D eigenvalue weighted by Gasteiger charge is -2.19. The molecule has 0 rings (SSSR count). The number of esters is 1. The number of allylic oxidation sites excluding steroid dienone is 3. The molecule has 2 unspecified atom stereocenters. The van der Waals surface area contributed by atoms with E-state index in [1.165, 1.54) is 161 Å². The maximum atomic E-state index is 12.6. The van der Waals surface area contributed by atoms with Gasteiger partial charge in [-0.25, -0.2) is 4.57 Å². The standard InChI is InChI=1S/C43H84NO7P/c1-3-5-7-9-11-13-15-17-19-21-22-24-26-28-30-32-34-36-43(45)51-42(41-50-52(46,47)49-39-37-44)40-48-38-35-33-31-29-27-25-23-20-18-16-14-12-10-8-6-4-2/h14,16,35,38,42H,3-13,15,17-34,36-37,39-41,44H2,1-2H3,(H,46,47). The van der Waals surface area contributed by atoms with Crippen LogP contribution in [0.5, 0.6) is 0 Å². The Morgan fingerprint density at radius 1 is 0.577 bits per heavy atom. The number of carbonyl (C=O) groups is 1. The molecule has 0 aliphatic heterocycles. The Hall–Kier alpha value is -1.18. The molecule has 0 aromatic heterocycles. The van der Waals surface area contributed by atoms with Crippen molar-refractivity contribution in [3.8, 4) is 0 Å². The Labute approximate surface area is 321 Å². The molecule has 0 fully saturated rings. The van der Waals surface area contributed by atoms with Crippen molar-refractivity contribution in [3.63, 3.8) is 0 Å². The Morgan fingerprint density at radius 2 is 0.981 bits per heavy atom. The van der Waals surface area contributed by atoms with E-state index in [-0.39, 0.29) is 32.3 Å². The molecule has 0 saturated heterocycles. The molecule has 0 bridgehead atoms. The van der Waals surface area contributed by atoms with Crippen LogP contribution in [0.3, 0.4) is 0 Å². The van der Waals surface area contributed by atoms with E-state index in [2.05, 4.69) is 26.0 Å². The summed E-state index contributed by atoms with van der Waals surface area (Å²) in [5, 5.41) is 0. The van der Waals surface area contributed by atoms with Gasteiger partial charge < -0.3 is 20.1 Å². The number of rotatable bonds is 42. The Bertz CT molecular complexity index is 853. The van der Waals surface area contributed by atoms with E-state index < -0.39 is 13.9 Å². The topological polar surface area (TPSA) is 117 Å². The zero-order valence-corrected chi connectivity index (χ0v) is 35.0. The van der Waals surface area contributed by atoms with E-state index in [4.69, 9.17) is 24.3 Å². The maximum Gasteiger partial charge on any atom is 0.472 e. The van der Waals surface area contributed by atoms with Gasteiger partial charge >= 0.3 is 13.8 Å². The van der Waals surface area contributed by atoms with Crippen molar-refractivity contribution in [2.45, 2.75) is 219 Å². The van der Waals surface area contributed by atoms with E-state index in [0.29, 0.717) is 6.42 Å². The number of hydrogen-bond donors (Lipinski definition) is 2. The summed E-state index contributed by atoms with van der Waals surface area (Å²) in [5.74, 6) is -0.351. The predicted molar refractivity (Wildman–Crippen MR) is 219 cm³/mol. The summed E-state index contributed by atoms with van der Waals surface area (Å²) in [7, 11) is -4.29. The molecule has 0 heterocycles. The van der Waals surface area contributed by atoms with Crippen molar-refractivity contribution >= 4 is 13.8 Å². The van der Waals surface area contributed by atoms with E-state index >= 15 is 0 Å². The molecule has 2 atom stereocenters. The van der Waals surface area contributed by atoms with Gasteiger partial charge in [-0.05, 0) is 51.0 Å². The Morgan fingerprint density at radius 3 is 1.44 bits per heavy atom. The van der Waals surface area contributed by atoms with Crippen molar-refractivity contribution in [1.82, 2.24) is 0 Å². The van der Waals surface area contributed by atoms with E-state index in [0.717, 1.165) is 32.1 Å². The van der Waals surface area contributed by atoms with Gasteiger partial charge in [0.1, 0.15) is 6.61 Å². The van der Waals surface area contributed by atoms with Gasteiger partial charge in [-0.3, -0.25) is 13.8 Å². The normalized spacial score (nSPS) is 13.6. The first kappa shape index (κ1) is 50.8. The van der Waals surface area contributed by atoms with Crippen LogP contribution in [0.4, 0.5) is 0 Å². The maximum absolute atomic E-state index is 12.6. The summed E-state index contributed by atoms with van der Waals surface area (Å²) >= 11 is 0. The van der Waals surface area contributed by atoms with Gasteiger partial charge in [-0.1, -0.05) is 174 Å². The molecule has 0 aromatic rings. The highest BCUT2D eigenvalue weighted by Gasteiger charge is 2.25. The fourth-order valence-corrected chi connectivity index (χ4v) is 6.96. The average molecular weight is 758 g/mol. The third kappa shape index (κ3) is 40.0. The second-order valence-corrected chi connectivity index (χ2v) is 16.1. The van der Waals surface area contributed by atoms with Gasteiger partial charge in [0, 0.05) is 13.0 Å². The number of ether oxygens (including phenoxy) is 2. The molecule has 8 nitrogen and oxygen atoms in total. The summed E-state index contributed by atoms with van der Waals surface area (Å²) in [4.78, 5) is 22.4. The second kappa shape index (κ2) is 41.0. The molecule has 0 aliphatic rings.